The van der Waals surface area contributed by atoms with Crippen LogP contribution in [0, 0.1) is 0 Å². The number of aliphatic hydroxyl groups is 1. The van der Waals surface area contributed by atoms with Gasteiger partial charge in [0.15, 0.2) is 0 Å². The summed E-state index contributed by atoms with van der Waals surface area (Å²) < 4.78 is 1.92. The van der Waals surface area contributed by atoms with Crippen molar-refractivity contribution >= 4 is 43.5 Å². The molecule has 0 aliphatic heterocycles. The van der Waals surface area contributed by atoms with Crippen molar-refractivity contribution in [3.05, 3.63) is 55.9 Å². The van der Waals surface area contributed by atoms with Gasteiger partial charge in [-0.3, -0.25) is 0 Å². The van der Waals surface area contributed by atoms with Crippen LogP contribution < -0.4 is 0 Å². The van der Waals surface area contributed by atoms with E-state index in [0.29, 0.717) is 5.02 Å². The molecule has 0 unspecified atom stereocenters. The zero-order valence-electron chi connectivity index (χ0n) is 8.75. The van der Waals surface area contributed by atoms with Crippen LogP contribution in [-0.4, -0.2) is 5.11 Å². The second-order valence-electron chi connectivity index (χ2n) is 3.58. The van der Waals surface area contributed by atoms with Gasteiger partial charge in [0.1, 0.15) is 0 Å². The van der Waals surface area contributed by atoms with E-state index in [1.54, 1.807) is 0 Å². The number of halogens is 3. The molecule has 0 spiro atoms. The lowest BCUT2D eigenvalue weighted by molar-refractivity contribution is 0.282. The third-order valence-electron chi connectivity index (χ3n) is 2.46. The third kappa shape index (κ3) is 2.91. The standard InChI is InChI=1S/C13H9Br2ClO/c14-9-2-1-8(7-17)11(5-9)12-6-10(16)3-4-13(12)15/h1-6,17H,7H2. The highest BCUT2D eigenvalue weighted by molar-refractivity contribution is 9.10. The Hall–Kier alpha value is -0.350. The summed E-state index contributed by atoms with van der Waals surface area (Å²) in [6, 6.07) is 11.4. The van der Waals surface area contributed by atoms with Crippen molar-refractivity contribution in [3.8, 4) is 11.1 Å². The Morgan fingerprint density at radius 2 is 1.76 bits per heavy atom. The normalized spacial score (nSPS) is 10.6. The van der Waals surface area contributed by atoms with Crippen molar-refractivity contribution in [2.45, 2.75) is 6.61 Å². The Morgan fingerprint density at radius 1 is 1.00 bits per heavy atom. The average molecular weight is 376 g/mol. The van der Waals surface area contributed by atoms with Gasteiger partial charge in [0, 0.05) is 14.0 Å². The molecule has 0 atom stereocenters. The van der Waals surface area contributed by atoms with E-state index in [1.165, 1.54) is 0 Å². The Morgan fingerprint density at radius 3 is 2.47 bits per heavy atom. The highest BCUT2D eigenvalue weighted by atomic mass is 79.9. The van der Waals surface area contributed by atoms with Crippen molar-refractivity contribution < 1.29 is 5.11 Å². The first-order valence-corrected chi connectivity index (χ1v) is 6.93. The van der Waals surface area contributed by atoms with Gasteiger partial charge in [-0.2, -0.15) is 0 Å². The summed E-state index contributed by atoms with van der Waals surface area (Å²) in [5.74, 6) is 0. The lowest BCUT2D eigenvalue weighted by Gasteiger charge is -2.10. The minimum absolute atomic E-state index is 0.00155. The average Bonchev–Trinajstić information content (AvgIpc) is 2.32. The second kappa shape index (κ2) is 5.53. The minimum atomic E-state index is 0.00155. The lowest BCUT2D eigenvalue weighted by Crippen LogP contribution is -1.90. The zero-order valence-corrected chi connectivity index (χ0v) is 12.7. The number of rotatable bonds is 2. The van der Waals surface area contributed by atoms with E-state index in [4.69, 9.17) is 11.6 Å². The molecule has 4 heteroatoms. The third-order valence-corrected chi connectivity index (χ3v) is 3.88. The molecule has 0 bridgehead atoms. The maximum absolute atomic E-state index is 9.37. The Kier molecular flexibility index (Phi) is 4.26. The van der Waals surface area contributed by atoms with Crippen LogP contribution in [0.2, 0.25) is 5.02 Å². The van der Waals surface area contributed by atoms with E-state index in [2.05, 4.69) is 31.9 Å². The molecule has 0 saturated carbocycles. The van der Waals surface area contributed by atoms with Gasteiger partial charge < -0.3 is 5.11 Å². The van der Waals surface area contributed by atoms with Gasteiger partial charge in [0.05, 0.1) is 6.61 Å². The van der Waals surface area contributed by atoms with E-state index < -0.39 is 0 Å². The fourth-order valence-electron chi connectivity index (χ4n) is 1.64. The molecular formula is C13H9Br2ClO. The maximum Gasteiger partial charge on any atom is 0.0687 e. The molecule has 0 aliphatic carbocycles. The Balaban J connectivity index is 2.66. The van der Waals surface area contributed by atoms with Crippen molar-refractivity contribution in [1.82, 2.24) is 0 Å². The van der Waals surface area contributed by atoms with Gasteiger partial charge in [-0.1, -0.05) is 49.5 Å². The molecule has 2 aromatic rings. The fourth-order valence-corrected chi connectivity index (χ4v) is 2.63. The summed E-state index contributed by atoms with van der Waals surface area (Å²) in [5, 5.41) is 10.0. The first-order valence-electron chi connectivity index (χ1n) is 4.96. The summed E-state index contributed by atoms with van der Waals surface area (Å²) in [5.41, 5.74) is 2.82. The number of benzene rings is 2. The molecule has 0 aromatic heterocycles. The molecule has 1 N–H and O–H groups in total. The quantitative estimate of drug-likeness (QED) is 0.780. The SMILES string of the molecule is OCc1ccc(Br)cc1-c1cc(Cl)ccc1Br. The number of aliphatic hydroxyl groups excluding tert-OH is 1. The molecule has 1 nitrogen and oxygen atoms in total. The van der Waals surface area contributed by atoms with Gasteiger partial charge >= 0.3 is 0 Å². The molecule has 0 heterocycles. The Labute approximate surface area is 122 Å². The summed E-state index contributed by atoms with van der Waals surface area (Å²) >= 11 is 12.9. The van der Waals surface area contributed by atoms with Crippen molar-refractivity contribution in [1.29, 1.82) is 0 Å². The van der Waals surface area contributed by atoms with Crippen LogP contribution in [0.1, 0.15) is 5.56 Å². The monoisotopic (exact) mass is 374 g/mol. The molecule has 0 amide bonds. The van der Waals surface area contributed by atoms with Crippen molar-refractivity contribution in [2.75, 3.05) is 0 Å². The summed E-state index contributed by atoms with van der Waals surface area (Å²) in [6.07, 6.45) is 0. The van der Waals surface area contributed by atoms with Gasteiger partial charge in [-0.05, 0) is 47.0 Å². The first-order chi connectivity index (χ1) is 8.11. The van der Waals surface area contributed by atoms with Crippen LogP contribution in [0.25, 0.3) is 11.1 Å². The minimum Gasteiger partial charge on any atom is -0.392 e. The highest BCUT2D eigenvalue weighted by Gasteiger charge is 2.09. The van der Waals surface area contributed by atoms with E-state index in [9.17, 15) is 5.11 Å². The fraction of sp³-hybridized carbons (Fsp3) is 0.0769. The molecule has 2 aromatic carbocycles. The number of hydrogen-bond donors (Lipinski definition) is 1. The summed E-state index contributed by atoms with van der Waals surface area (Å²) in [6.45, 7) is 0.00155. The predicted molar refractivity (Wildman–Crippen MR) is 78.2 cm³/mol. The van der Waals surface area contributed by atoms with Crippen LogP contribution in [-0.2, 0) is 6.61 Å². The van der Waals surface area contributed by atoms with E-state index in [1.807, 2.05) is 36.4 Å². The van der Waals surface area contributed by atoms with Crippen LogP contribution >= 0.6 is 43.5 Å². The number of hydrogen-bond acceptors (Lipinski definition) is 1. The molecule has 2 rings (SSSR count). The van der Waals surface area contributed by atoms with Crippen molar-refractivity contribution in [2.24, 2.45) is 0 Å². The van der Waals surface area contributed by atoms with Gasteiger partial charge in [-0.25, -0.2) is 0 Å². The molecular weight excluding hydrogens is 367 g/mol. The Bertz CT molecular complexity index is 555. The second-order valence-corrected chi connectivity index (χ2v) is 5.79. The lowest BCUT2D eigenvalue weighted by atomic mass is 10.0. The highest BCUT2D eigenvalue weighted by Crippen LogP contribution is 2.34. The van der Waals surface area contributed by atoms with Gasteiger partial charge in [0.2, 0.25) is 0 Å². The predicted octanol–water partition coefficient (Wildman–Crippen LogP) is 5.02. The van der Waals surface area contributed by atoms with E-state index in [-0.39, 0.29) is 6.61 Å². The summed E-state index contributed by atoms with van der Waals surface area (Å²) in [7, 11) is 0. The smallest absolute Gasteiger partial charge is 0.0687 e. The topological polar surface area (TPSA) is 20.2 Å². The largest absolute Gasteiger partial charge is 0.392 e. The van der Waals surface area contributed by atoms with Gasteiger partial charge in [-0.15, -0.1) is 0 Å². The maximum atomic E-state index is 9.37. The van der Waals surface area contributed by atoms with Gasteiger partial charge in [0.25, 0.3) is 0 Å². The molecule has 0 fully saturated rings. The summed E-state index contributed by atoms with van der Waals surface area (Å²) in [4.78, 5) is 0. The van der Waals surface area contributed by atoms with Crippen LogP contribution in [0.4, 0.5) is 0 Å². The molecule has 0 radical (unpaired) electrons. The van der Waals surface area contributed by atoms with Crippen LogP contribution in [0.15, 0.2) is 45.3 Å². The zero-order chi connectivity index (χ0) is 12.4. The molecule has 0 aliphatic rings. The van der Waals surface area contributed by atoms with E-state index in [0.717, 1.165) is 25.6 Å². The van der Waals surface area contributed by atoms with Crippen LogP contribution in [0.3, 0.4) is 0 Å². The first kappa shape index (κ1) is 13.1. The van der Waals surface area contributed by atoms with Crippen LogP contribution in [0.5, 0.6) is 0 Å². The van der Waals surface area contributed by atoms with E-state index >= 15 is 0 Å². The molecule has 0 saturated heterocycles. The molecule has 17 heavy (non-hydrogen) atoms. The molecule has 88 valence electrons. The van der Waals surface area contributed by atoms with Crippen molar-refractivity contribution in [3.63, 3.8) is 0 Å².